The number of halogens is 1. The summed E-state index contributed by atoms with van der Waals surface area (Å²) in [6.45, 7) is 4.00. The molecule has 0 saturated heterocycles. The van der Waals surface area contributed by atoms with Crippen molar-refractivity contribution in [3.63, 3.8) is 0 Å². The van der Waals surface area contributed by atoms with Gasteiger partial charge in [-0.15, -0.1) is 0 Å². The molecule has 1 rings (SSSR count). The summed E-state index contributed by atoms with van der Waals surface area (Å²) in [6, 6.07) is 0. The van der Waals surface area contributed by atoms with Crippen molar-refractivity contribution >= 4 is 27.7 Å². The third-order valence-corrected chi connectivity index (χ3v) is 1.39. The lowest BCUT2D eigenvalue weighted by atomic mass is 10.4. The van der Waals surface area contributed by atoms with Crippen LogP contribution >= 0.6 is 15.9 Å². The van der Waals surface area contributed by atoms with Gasteiger partial charge in [0.25, 0.3) is 5.91 Å². The molecule has 0 aromatic carbocycles. The molecule has 0 aliphatic carbocycles. The molecule has 13 heavy (non-hydrogen) atoms. The summed E-state index contributed by atoms with van der Waals surface area (Å²) < 4.78 is 0.431. The Labute approximate surface area is 84.7 Å². The van der Waals surface area contributed by atoms with Crippen LogP contribution in [0.1, 0.15) is 24.3 Å². The smallest absolute Gasteiger partial charge is 0.271 e. The summed E-state index contributed by atoms with van der Waals surface area (Å²) in [6.07, 6.45) is 1.39. The number of carbonyl (C=O) groups excluding carboxylic acids is 1. The first-order chi connectivity index (χ1) is 6.11. The number of hydrogen-bond donors (Lipinski definition) is 2. The van der Waals surface area contributed by atoms with Crippen LogP contribution in [0, 0.1) is 0 Å². The normalized spacial score (nSPS) is 8.54. The van der Waals surface area contributed by atoms with E-state index in [0.29, 0.717) is 4.60 Å². The summed E-state index contributed by atoms with van der Waals surface area (Å²) in [5, 5.41) is 0. The molecule has 0 unspecified atom stereocenters. The first kappa shape index (κ1) is 11.8. The highest BCUT2D eigenvalue weighted by atomic mass is 79.9. The number of nitrogens with two attached hydrogens (primary N) is 2. The highest BCUT2D eigenvalue weighted by Gasteiger charge is 2.08. The summed E-state index contributed by atoms with van der Waals surface area (Å²) in [5.74, 6) is -0.642. The van der Waals surface area contributed by atoms with Gasteiger partial charge < -0.3 is 11.5 Å². The van der Waals surface area contributed by atoms with Crippen molar-refractivity contribution in [2.75, 3.05) is 5.73 Å². The Morgan fingerprint density at radius 1 is 1.54 bits per heavy atom. The molecule has 0 atom stereocenters. The summed E-state index contributed by atoms with van der Waals surface area (Å²) in [4.78, 5) is 18.0. The third kappa shape index (κ3) is 3.37. The maximum absolute atomic E-state index is 10.6. The summed E-state index contributed by atoms with van der Waals surface area (Å²) in [5.41, 5.74) is 10.2. The van der Waals surface area contributed by atoms with E-state index in [4.69, 9.17) is 11.5 Å². The third-order valence-electron chi connectivity index (χ3n) is 1.00. The van der Waals surface area contributed by atoms with Crippen molar-refractivity contribution in [3.05, 3.63) is 16.5 Å². The molecule has 0 spiro atoms. The number of carbonyl (C=O) groups is 1. The van der Waals surface area contributed by atoms with Crippen LogP contribution < -0.4 is 11.5 Å². The van der Waals surface area contributed by atoms with E-state index in [1.54, 1.807) is 0 Å². The van der Waals surface area contributed by atoms with Gasteiger partial charge in [0.05, 0.1) is 6.20 Å². The quantitative estimate of drug-likeness (QED) is 0.772. The molecule has 72 valence electrons. The molecule has 0 bridgehead atoms. The zero-order valence-electron chi connectivity index (χ0n) is 7.41. The topological polar surface area (TPSA) is 94.9 Å². The van der Waals surface area contributed by atoms with Gasteiger partial charge in [-0.1, -0.05) is 13.8 Å². The molecule has 1 heterocycles. The molecular formula is C7H11BrN4O. The van der Waals surface area contributed by atoms with E-state index in [2.05, 4.69) is 25.9 Å². The van der Waals surface area contributed by atoms with E-state index in [0.717, 1.165) is 0 Å². The molecule has 1 aromatic rings. The van der Waals surface area contributed by atoms with Crippen molar-refractivity contribution in [3.8, 4) is 0 Å². The van der Waals surface area contributed by atoms with E-state index in [1.807, 2.05) is 13.8 Å². The SMILES string of the molecule is CC.NC(=O)c1nc(Br)cnc1N. The Kier molecular flexibility index (Phi) is 4.98. The average Bonchev–Trinajstić information content (AvgIpc) is 2.12. The Bertz CT molecular complexity index is 303. The maximum Gasteiger partial charge on any atom is 0.271 e. The fourth-order valence-electron chi connectivity index (χ4n) is 0.558. The van der Waals surface area contributed by atoms with Crippen LogP contribution in [-0.2, 0) is 0 Å². The molecule has 5 nitrogen and oxygen atoms in total. The van der Waals surface area contributed by atoms with Crippen molar-refractivity contribution in [1.82, 2.24) is 9.97 Å². The number of anilines is 1. The van der Waals surface area contributed by atoms with Gasteiger partial charge in [0.2, 0.25) is 0 Å². The monoisotopic (exact) mass is 246 g/mol. The van der Waals surface area contributed by atoms with Crippen LogP contribution in [0.4, 0.5) is 5.82 Å². The fraction of sp³-hybridized carbons (Fsp3) is 0.286. The molecule has 6 heteroatoms. The van der Waals surface area contributed by atoms with Crippen molar-refractivity contribution < 1.29 is 4.79 Å². The van der Waals surface area contributed by atoms with E-state index in [-0.39, 0.29) is 11.5 Å². The number of nitrogen functional groups attached to an aromatic ring is 1. The van der Waals surface area contributed by atoms with E-state index in [1.165, 1.54) is 6.20 Å². The number of nitrogens with zero attached hydrogens (tertiary/aromatic N) is 2. The molecule has 1 aromatic heterocycles. The second-order valence-corrected chi connectivity index (χ2v) is 2.60. The number of aromatic nitrogens is 2. The highest BCUT2D eigenvalue weighted by molar-refractivity contribution is 9.10. The van der Waals surface area contributed by atoms with Crippen LogP contribution in [0.25, 0.3) is 0 Å². The minimum atomic E-state index is -0.684. The number of primary amides is 1. The molecule has 0 radical (unpaired) electrons. The maximum atomic E-state index is 10.6. The van der Waals surface area contributed by atoms with Gasteiger partial charge in [0, 0.05) is 0 Å². The standard InChI is InChI=1S/C5H5BrN4O.C2H6/c6-2-1-9-4(7)3(10-2)5(8)11;1-2/h1H,(H2,7,9)(H2,8,11);1-2H3. The lowest BCUT2D eigenvalue weighted by molar-refractivity contribution is 0.0996. The lowest BCUT2D eigenvalue weighted by Crippen LogP contribution is -2.16. The molecule has 4 N–H and O–H groups in total. The van der Waals surface area contributed by atoms with E-state index in [9.17, 15) is 4.79 Å². The van der Waals surface area contributed by atoms with Gasteiger partial charge in [-0.3, -0.25) is 4.79 Å². The van der Waals surface area contributed by atoms with Crippen LogP contribution in [0.2, 0.25) is 0 Å². The van der Waals surface area contributed by atoms with Crippen molar-refractivity contribution in [1.29, 1.82) is 0 Å². The highest BCUT2D eigenvalue weighted by Crippen LogP contribution is 2.09. The zero-order chi connectivity index (χ0) is 10.4. The van der Waals surface area contributed by atoms with Gasteiger partial charge in [-0.25, -0.2) is 9.97 Å². The molecule has 0 aliphatic rings. The predicted molar refractivity (Wildman–Crippen MR) is 54.0 cm³/mol. The van der Waals surface area contributed by atoms with Gasteiger partial charge in [-0.2, -0.15) is 0 Å². The Balaban J connectivity index is 0.000000671. The van der Waals surface area contributed by atoms with Crippen LogP contribution in [-0.4, -0.2) is 15.9 Å². The Morgan fingerprint density at radius 3 is 2.46 bits per heavy atom. The van der Waals surface area contributed by atoms with Crippen molar-refractivity contribution in [2.45, 2.75) is 13.8 Å². The minimum absolute atomic E-state index is 0.0145. The Morgan fingerprint density at radius 2 is 2.08 bits per heavy atom. The molecule has 0 saturated carbocycles. The summed E-state index contributed by atoms with van der Waals surface area (Å²) >= 11 is 3.03. The van der Waals surface area contributed by atoms with Crippen LogP contribution in [0.5, 0.6) is 0 Å². The number of amides is 1. The van der Waals surface area contributed by atoms with E-state index >= 15 is 0 Å². The fourth-order valence-corrected chi connectivity index (χ4v) is 0.838. The number of rotatable bonds is 1. The predicted octanol–water partition coefficient (Wildman–Crippen LogP) is 0.946. The van der Waals surface area contributed by atoms with Gasteiger partial charge >= 0.3 is 0 Å². The first-order valence-electron chi connectivity index (χ1n) is 3.69. The van der Waals surface area contributed by atoms with Gasteiger partial charge in [0.1, 0.15) is 4.60 Å². The molecule has 0 fully saturated rings. The Hall–Kier alpha value is -1.17. The second kappa shape index (κ2) is 5.47. The number of hydrogen-bond acceptors (Lipinski definition) is 4. The minimum Gasteiger partial charge on any atom is -0.382 e. The van der Waals surface area contributed by atoms with Crippen LogP contribution in [0.15, 0.2) is 10.8 Å². The molecule has 0 aliphatic heterocycles. The molecule has 1 amide bonds. The first-order valence-corrected chi connectivity index (χ1v) is 4.48. The largest absolute Gasteiger partial charge is 0.382 e. The summed E-state index contributed by atoms with van der Waals surface area (Å²) in [7, 11) is 0. The van der Waals surface area contributed by atoms with Crippen molar-refractivity contribution in [2.24, 2.45) is 5.73 Å². The van der Waals surface area contributed by atoms with Crippen LogP contribution in [0.3, 0.4) is 0 Å². The zero-order valence-corrected chi connectivity index (χ0v) is 9.00. The average molecular weight is 247 g/mol. The molecular weight excluding hydrogens is 236 g/mol. The van der Waals surface area contributed by atoms with Gasteiger partial charge in [-0.05, 0) is 15.9 Å². The lowest BCUT2D eigenvalue weighted by Gasteiger charge is -1.97. The second-order valence-electron chi connectivity index (χ2n) is 1.79. The van der Waals surface area contributed by atoms with E-state index < -0.39 is 5.91 Å². The van der Waals surface area contributed by atoms with Gasteiger partial charge in [0.15, 0.2) is 11.5 Å².